The van der Waals surface area contributed by atoms with Crippen molar-refractivity contribution in [2.24, 2.45) is 23.7 Å². The Morgan fingerprint density at radius 1 is 1.04 bits per heavy atom. The van der Waals surface area contributed by atoms with Crippen molar-refractivity contribution in [1.82, 2.24) is 10.3 Å². The zero-order chi connectivity index (χ0) is 38.2. The number of aromatic nitrogens is 1. The largest absolute Gasteiger partial charge is 0.455 e. The predicted octanol–water partition coefficient (Wildman–Crippen LogP) is 8.90. The van der Waals surface area contributed by atoms with Crippen LogP contribution in [0.4, 0.5) is 4.79 Å². The number of rotatable bonds is 6. The summed E-state index contributed by atoms with van der Waals surface area (Å²) in [5.74, 6) is -0.682. The maximum atomic E-state index is 13.3. The SMILES string of the molecule is CNC(=O)O[C@@H](CC(C)C)c1nc([C@H]2OC(=O)CCC/C(C)=C/[C@@H](O)[C@@H](C)\C=C(C)/C=C(C)\C=C\[C@@H](O)[C@H](C)[C@H](OC)/C(C)=C/C=C/[C@@H]2C)cs1. The van der Waals surface area contributed by atoms with Crippen LogP contribution < -0.4 is 5.32 Å². The van der Waals surface area contributed by atoms with Crippen molar-refractivity contribution in [2.45, 2.75) is 119 Å². The lowest BCUT2D eigenvalue weighted by Gasteiger charge is -2.26. The minimum Gasteiger partial charge on any atom is -0.455 e. The topological polar surface area (TPSA) is 127 Å². The average molecular weight is 727 g/mol. The summed E-state index contributed by atoms with van der Waals surface area (Å²) in [5, 5.41) is 27.0. The van der Waals surface area contributed by atoms with Crippen LogP contribution in [0.25, 0.3) is 0 Å². The van der Waals surface area contributed by atoms with Gasteiger partial charge in [-0.1, -0.05) is 99.9 Å². The van der Waals surface area contributed by atoms with E-state index in [1.54, 1.807) is 13.2 Å². The molecule has 1 aromatic rings. The number of aliphatic hydroxyl groups excluding tert-OH is 2. The maximum absolute atomic E-state index is 13.3. The molecule has 3 N–H and O–H groups in total. The highest BCUT2D eigenvalue weighted by Crippen LogP contribution is 2.34. The summed E-state index contributed by atoms with van der Waals surface area (Å²) >= 11 is 1.38. The Kier molecular flexibility index (Phi) is 18.8. The van der Waals surface area contributed by atoms with Crippen LogP contribution in [0.5, 0.6) is 0 Å². The van der Waals surface area contributed by atoms with E-state index in [0.717, 1.165) is 22.3 Å². The third kappa shape index (κ3) is 15.1. The van der Waals surface area contributed by atoms with Crippen molar-refractivity contribution in [1.29, 1.82) is 0 Å². The van der Waals surface area contributed by atoms with Crippen molar-refractivity contribution in [3.05, 3.63) is 87.0 Å². The third-order valence-electron chi connectivity index (χ3n) is 8.96. The molecule has 2 rings (SSSR count). The van der Waals surface area contributed by atoms with Crippen LogP contribution in [0.15, 0.2) is 76.3 Å². The van der Waals surface area contributed by atoms with Gasteiger partial charge in [0.15, 0.2) is 12.2 Å². The summed E-state index contributed by atoms with van der Waals surface area (Å²) in [5.41, 5.74) is 4.53. The van der Waals surface area contributed by atoms with Crippen molar-refractivity contribution < 1.29 is 34.0 Å². The first-order valence-corrected chi connectivity index (χ1v) is 18.9. The van der Waals surface area contributed by atoms with E-state index in [1.807, 2.05) is 96.4 Å². The number of ether oxygens (including phenoxy) is 3. The monoisotopic (exact) mass is 726 g/mol. The standard InChI is InChI=1S/C41H62N2O7S/c1-25(2)20-36(49-41(47)42-10)40-43-33(24-51-40)39-30(7)16-13-15-29(6)38(48-11)32(9)34(44)19-18-27(4)21-28(5)22-31(8)35(45)23-26(3)14-12-17-37(46)50-39/h13,15-16,18-19,21-25,30-32,34-36,38-39,44-45H,12,14,17,20H2,1-11H3,(H,42,47)/b16-13+,19-18+,26-23+,27-21-,28-22-,29-15+/t30-,31-,32-,34+,35+,36-,38+,39-/m0/s1. The van der Waals surface area contributed by atoms with Gasteiger partial charge in [-0.3, -0.25) is 4.79 Å². The smallest absolute Gasteiger partial charge is 0.407 e. The quantitative estimate of drug-likeness (QED) is 0.196. The van der Waals surface area contributed by atoms with Crippen LogP contribution in [0.1, 0.15) is 111 Å². The van der Waals surface area contributed by atoms with Crippen molar-refractivity contribution in [2.75, 3.05) is 14.2 Å². The highest BCUT2D eigenvalue weighted by atomic mass is 32.1. The Hall–Kier alpha value is -3.31. The number of esters is 1. The van der Waals surface area contributed by atoms with E-state index in [2.05, 4.69) is 19.2 Å². The molecule has 1 amide bonds. The number of amides is 1. The molecule has 0 spiro atoms. The predicted molar refractivity (Wildman–Crippen MR) is 206 cm³/mol. The summed E-state index contributed by atoms with van der Waals surface area (Å²) in [6.07, 6.45) is 14.0. The lowest BCUT2D eigenvalue weighted by atomic mass is 9.91. The Labute approximate surface area is 310 Å². The molecule has 2 heterocycles. The first-order valence-electron chi connectivity index (χ1n) is 18.0. The lowest BCUT2D eigenvalue weighted by Crippen LogP contribution is -2.30. The molecule has 0 saturated carbocycles. The highest BCUT2D eigenvalue weighted by molar-refractivity contribution is 7.09. The first kappa shape index (κ1) is 43.9. The second-order valence-electron chi connectivity index (χ2n) is 14.3. The molecule has 0 aromatic carbocycles. The number of hydrogen-bond acceptors (Lipinski definition) is 9. The van der Waals surface area contributed by atoms with Crippen LogP contribution in [-0.2, 0) is 19.0 Å². The molecule has 1 aliphatic heterocycles. The number of carbonyl (C=O) groups is 2. The summed E-state index contributed by atoms with van der Waals surface area (Å²) in [6, 6.07) is 0. The minimum absolute atomic E-state index is 0.119. The van der Waals surface area contributed by atoms with Gasteiger partial charge in [-0.2, -0.15) is 0 Å². The second-order valence-corrected chi connectivity index (χ2v) is 15.2. The molecule has 0 fully saturated rings. The Bertz CT molecular complexity index is 1450. The Morgan fingerprint density at radius 2 is 1.75 bits per heavy atom. The fourth-order valence-electron chi connectivity index (χ4n) is 6.04. The van der Waals surface area contributed by atoms with Gasteiger partial charge < -0.3 is 29.7 Å². The number of alkyl carbamates (subject to hydrolysis) is 1. The lowest BCUT2D eigenvalue weighted by molar-refractivity contribution is -0.151. The molecule has 0 unspecified atom stereocenters. The van der Waals surface area contributed by atoms with Crippen LogP contribution >= 0.6 is 11.3 Å². The summed E-state index contributed by atoms with van der Waals surface area (Å²) in [6.45, 7) is 17.9. The first-order chi connectivity index (χ1) is 24.1. The Balaban J connectivity index is 2.51. The zero-order valence-electron chi connectivity index (χ0n) is 32.5. The fourth-order valence-corrected chi connectivity index (χ4v) is 6.92. The van der Waals surface area contributed by atoms with Gasteiger partial charge in [0.1, 0.15) is 5.01 Å². The molecule has 284 valence electrons. The summed E-state index contributed by atoms with van der Waals surface area (Å²) < 4.78 is 17.6. The van der Waals surface area contributed by atoms with Crippen molar-refractivity contribution in [3.8, 4) is 0 Å². The van der Waals surface area contributed by atoms with Crippen LogP contribution in [0, 0.1) is 23.7 Å². The molecule has 8 atom stereocenters. The van der Waals surface area contributed by atoms with E-state index in [0.29, 0.717) is 30.0 Å². The molecule has 1 aromatic heterocycles. The number of hydrogen-bond donors (Lipinski definition) is 3. The van der Waals surface area contributed by atoms with E-state index in [4.69, 9.17) is 19.2 Å². The van der Waals surface area contributed by atoms with E-state index in [9.17, 15) is 19.8 Å². The number of thiazole rings is 1. The van der Waals surface area contributed by atoms with Crippen LogP contribution in [0.2, 0.25) is 0 Å². The molecular formula is C41H62N2O7S. The fraction of sp³-hybridized carbons (Fsp3) is 0.585. The number of carbonyl (C=O) groups excluding carboxylic acids is 2. The molecule has 10 heteroatoms. The normalized spacial score (nSPS) is 32.7. The maximum Gasteiger partial charge on any atom is 0.407 e. The van der Waals surface area contributed by atoms with Crippen LogP contribution in [-0.4, -0.2) is 59.7 Å². The molecular weight excluding hydrogens is 665 g/mol. The molecule has 1 aliphatic rings. The number of allylic oxidation sites excluding steroid dienone is 7. The van der Waals surface area contributed by atoms with Gasteiger partial charge in [0, 0.05) is 43.7 Å². The zero-order valence-corrected chi connectivity index (χ0v) is 33.3. The van der Waals surface area contributed by atoms with E-state index < -0.39 is 30.5 Å². The minimum atomic E-state index is -0.747. The van der Waals surface area contributed by atoms with Crippen LogP contribution in [0.3, 0.4) is 0 Å². The highest BCUT2D eigenvalue weighted by Gasteiger charge is 2.28. The van der Waals surface area contributed by atoms with Gasteiger partial charge in [0.25, 0.3) is 0 Å². The number of aliphatic hydroxyl groups is 2. The average Bonchev–Trinajstić information content (AvgIpc) is 3.55. The van der Waals surface area contributed by atoms with E-state index in [-0.39, 0.29) is 42.2 Å². The molecule has 0 radical (unpaired) electrons. The molecule has 0 bridgehead atoms. The Morgan fingerprint density at radius 3 is 2.39 bits per heavy atom. The number of nitrogens with one attached hydrogen (secondary N) is 1. The molecule has 51 heavy (non-hydrogen) atoms. The van der Waals surface area contributed by atoms with E-state index >= 15 is 0 Å². The molecule has 0 aliphatic carbocycles. The van der Waals surface area contributed by atoms with Gasteiger partial charge in [0.05, 0.1) is 24.0 Å². The van der Waals surface area contributed by atoms with Gasteiger partial charge in [-0.05, 0) is 58.4 Å². The van der Waals surface area contributed by atoms with Gasteiger partial charge in [-0.15, -0.1) is 11.3 Å². The van der Waals surface area contributed by atoms with Crippen molar-refractivity contribution in [3.63, 3.8) is 0 Å². The number of nitrogens with zero attached hydrogens (tertiary/aromatic N) is 1. The molecule has 9 nitrogen and oxygen atoms in total. The van der Waals surface area contributed by atoms with Gasteiger partial charge in [-0.25, -0.2) is 9.78 Å². The van der Waals surface area contributed by atoms with E-state index in [1.165, 1.54) is 18.4 Å². The number of cyclic esters (lactones) is 1. The van der Waals surface area contributed by atoms with Gasteiger partial charge in [0.2, 0.25) is 0 Å². The third-order valence-corrected chi connectivity index (χ3v) is 9.91. The summed E-state index contributed by atoms with van der Waals surface area (Å²) in [7, 11) is 3.16. The van der Waals surface area contributed by atoms with Gasteiger partial charge >= 0.3 is 12.1 Å². The summed E-state index contributed by atoms with van der Waals surface area (Å²) in [4.78, 5) is 30.3. The number of methoxy groups -OCH3 is 1. The molecule has 0 saturated heterocycles. The van der Waals surface area contributed by atoms with Crippen molar-refractivity contribution >= 4 is 23.4 Å². The second kappa shape index (κ2) is 21.9.